The van der Waals surface area contributed by atoms with E-state index >= 15 is 0 Å². The number of ketones is 1. The van der Waals surface area contributed by atoms with Crippen LogP contribution in [0.2, 0.25) is 0 Å². The summed E-state index contributed by atoms with van der Waals surface area (Å²) in [7, 11) is 0. The van der Waals surface area contributed by atoms with Crippen molar-refractivity contribution in [2.45, 2.75) is 38.0 Å². The molecule has 0 amide bonds. The van der Waals surface area contributed by atoms with Crippen LogP contribution in [0.15, 0.2) is 24.3 Å². The van der Waals surface area contributed by atoms with E-state index in [1.165, 1.54) is 12.1 Å². The highest BCUT2D eigenvalue weighted by molar-refractivity contribution is 5.96. The van der Waals surface area contributed by atoms with E-state index in [4.69, 9.17) is 4.74 Å². The van der Waals surface area contributed by atoms with Crippen LogP contribution in [0, 0.1) is 0 Å². The normalized spacial score (nSPS) is 20.3. The zero-order valence-electron chi connectivity index (χ0n) is 10.4. The van der Waals surface area contributed by atoms with Crippen LogP contribution < -0.4 is 0 Å². The van der Waals surface area contributed by atoms with Gasteiger partial charge in [0.05, 0.1) is 11.7 Å². The molecule has 0 saturated carbocycles. The number of carbonyl (C=O) groups is 1. The third-order valence-corrected chi connectivity index (χ3v) is 3.22. The van der Waals surface area contributed by atoms with Crippen molar-refractivity contribution in [2.24, 2.45) is 0 Å². The number of carbonyl (C=O) groups excluding carboxylic acids is 1. The molecule has 1 aliphatic heterocycles. The first kappa shape index (κ1) is 14.1. The Kier molecular flexibility index (Phi) is 4.24. The molecular formula is C14H15F3O2. The fraction of sp³-hybridized carbons (Fsp3) is 0.500. The molecule has 1 atom stereocenters. The minimum atomic E-state index is -4.37. The topological polar surface area (TPSA) is 26.3 Å². The molecule has 5 heteroatoms. The monoisotopic (exact) mass is 272 g/mol. The molecule has 1 aromatic rings. The maximum Gasteiger partial charge on any atom is 0.416 e. The molecule has 1 heterocycles. The van der Waals surface area contributed by atoms with Gasteiger partial charge >= 0.3 is 6.18 Å². The van der Waals surface area contributed by atoms with Gasteiger partial charge in [0.2, 0.25) is 0 Å². The smallest absolute Gasteiger partial charge is 0.378 e. The highest BCUT2D eigenvalue weighted by Crippen LogP contribution is 2.29. The Labute approximate surface area is 109 Å². The summed E-state index contributed by atoms with van der Waals surface area (Å²) in [5.74, 6) is -0.166. The van der Waals surface area contributed by atoms with Gasteiger partial charge in [-0.1, -0.05) is 12.1 Å². The van der Waals surface area contributed by atoms with Crippen LogP contribution in [-0.4, -0.2) is 18.5 Å². The van der Waals surface area contributed by atoms with Gasteiger partial charge in [0.1, 0.15) is 0 Å². The third-order valence-electron chi connectivity index (χ3n) is 3.22. The van der Waals surface area contributed by atoms with E-state index in [2.05, 4.69) is 0 Å². The number of Topliss-reactive ketones (excluding diaryl/α,β-unsaturated/α-hetero) is 1. The van der Waals surface area contributed by atoms with Crippen molar-refractivity contribution in [3.63, 3.8) is 0 Å². The number of alkyl halides is 3. The third kappa shape index (κ3) is 3.80. The van der Waals surface area contributed by atoms with Gasteiger partial charge in [0.15, 0.2) is 5.78 Å². The molecule has 2 rings (SSSR count). The summed E-state index contributed by atoms with van der Waals surface area (Å²) in [5, 5.41) is 0. The fourth-order valence-electron chi connectivity index (χ4n) is 2.14. The summed E-state index contributed by atoms with van der Waals surface area (Å²) in [5.41, 5.74) is -0.430. The van der Waals surface area contributed by atoms with E-state index in [0.29, 0.717) is 12.2 Å². The van der Waals surface area contributed by atoms with Gasteiger partial charge in [0.25, 0.3) is 0 Å². The van der Waals surface area contributed by atoms with Crippen LogP contribution in [0.25, 0.3) is 0 Å². The van der Waals surface area contributed by atoms with Crippen molar-refractivity contribution in [2.75, 3.05) is 6.61 Å². The number of rotatable bonds is 3. The van der Waals surface area contributed by atoms with E-state index in [1.807, 2.05) is 0 Å². The predicted molar refractivity (Wildman–Crippen MR) is 64.0 cm³/mol. The molecule has 0 aromatic heterocycles. The van der Waals surface area contributed by atoms with Crippen molar-refractivity contribution in [1.29, 1.82) is 0 Å². The number of halogens is 3. The minimum absolute atomic E-state index is 0.0939. The average Bonchev–Trinajstić information content (AvgIpc) is 2.39. The maximum absolute atomic E-state index is 12.4. The van der Waals surface area contributed by atoms with E-state index in [9.17, 15) is 18.0 Å². The van der Waals surface area contributed by atoms with Crippen LogP contribution >= 0.6 is 0 Å². The number of benzene rings is 1. The lowest BCUT2D eigenvalue weighted by atomic mass is 9.99. The SMILES string of the molecule is O=C(C[C@@H]1CCCCO1)c1ccc(C(F)(F)F)cc1. The maximum atomic E-state index is 12.4. The van der Waals surface area contributed by atoms with Crippen LogP contribution in [0.4, 0.5) is 13.2 Å². The lowest BCUT2D eigenvalue weighted by molar-refractivity contribution is -0.137. The Morgan fingerprint density at radius 1 is 1.21 bits per heavy atom. The lowest BCUT2D eigenvalue weighted by Gasteiger charge is -2.21. The fourth-order valence-corrected chi connectivity index (χ4v) is 2.14. The Morgan fingerprint density at radius 3 is 2.42 bits per heavy atom. The van der Waals surface area contributed by atoms with E-state index in [1.54, 1.807) is 0 Å². The van der Waals surface area contributed by atoms with Crippen LogP contribution in [0.3, 0.4) is 0 Å². The van der Waals surface area contributed by atoms with Gasteiger partial charge in [-0.25, -0.2) is 0 Å². The van der Waals surface area contributed by atoms with Gasteiger partial charge in [0, 0.05) is 18.6 Å². The van der Waals surface area contributed by atoms with Gasteiger partial charge in [-0.05, 0) is 31.4 Å². The molecule has 0 bridgehead atoms. The summed E-state index contributed by atoms with van der Waals surface area (Å²) < 4.78 is 42.6. The second kappa shape index (κ2) is 5.74. The summed E-state index contributed by atoms with van der Waals surface area (Å²) in [4.78, 5) is 11.9. The summed E-state index contributed by atoms with van der Waals surface area (Å²) in [6, 6.07) is 4.34. The molecule has 1 fully saturated rings. The van der Waals surface area contributed by atoms with Crippen molar-refractivity contribution in [3.05, 3.63) is 35.4 Å². The Morgan fingerprint density at radius 2 is 1.89 bits per heavy atom. The van der Waals surface area contributed by atoms with Crippen LogP contribution in [0.1, 0.15) is 41.6 Å². The summed E-state index contributed by atoms with van der Waals surface area (Å²) in [6.45, 7) is 0.658. The Hall–Kier alpha value is -1.36. The second-order valence-electron chi connectivity index (χ2n) is 4.69. The first-order chi connectivity index (χ1) is 8.97. The molecule has 1 saturated heterocycles. The molecule has 0 unspecified atom stereocenters. The van der Waals surface area contributed by atoms with Crippen molar-refractivity contribution in [1.82, 2.24) is 0 Å². The largest absolute Gasteiger partial charge is 0.416 e. The molecule has 0 N–H and O–H groups in total. The number of hydrogen-bond acceptors (Lipinski definition) is 2. The molecule has 0 radical (unpaired) electrons. The van der Waals surface area contributed by atoms with E-state index in [-0.39, 0.29) is 18.3 Å². The predicted octanol–water partition coefficient (Wildman–Crippen LogP) is 3.85. The first-order valence-electron chi connectivity index (χ1n) is 6.29. The highest BCUT2D eigenvalue weighted by Gasteiger charge is 2.30. The van der Waals surface area contributed by atoms with E-state index < -0.39 is 11.7 Å². The molecule has 1 aliphatic rings. The molecule has 1 aromatic carbocycles. The minimum Gasteiger partial charge on any atom is -0.378 e. The summed E-state index contributed by atoms with van der Waals surface area (Å²) in [6.07, 6.45) is -1.34. The van der Waals surface area contributed by atoms with Crippen molar-refractivity contribution >= 4 is 5.78 Å². The molecule has 19 heavy (non-hydrogen) atoms. The van der Waals surface area contributed by atoms with Gasteiger partial charge in [-0.15, -0.1) is 0 Å². The van der Waals surface area contributed by atoms with Crippen molar-refractivity contribution in [3.8, 4) is 0 Å². The number of hydrogen-bond donors (Lipinski definition) is 0. The number of ether oxygens (including phenoxy) is 1. The first-order valence-corrected chi connectivity index (χ1v) is 6.29. The molecular weight excluding hydrogens is 257 g/mol. The highest BCUT2D eigenvalue weighted by atomic mass is 19.4. The average molecular weight is 272 g/mol. The van der Waals surface area contributed by atoms with E-state index in [0.717, 1.165) is 31.4 Å². The van der Waals surface area contributed by atoms with Crippen molar-refractivity contribution < 1.29 is 22.7 Å². The van der Waals surface area contributed by atoms with Crippen LogP contribution in [-0.2, 0) is 10.9 Å². The second-order valence-corrected chi connectivity index (χ2v) is 4.69. The summed E-state index contributed by atoms with van der Waals surface area (Å²) >= 11 is 0. The lowest BCUT2D eigenvalue weighted by Crippen LogP contribution is -2.22. The van der Waals surface area contributed by atoms with Gasteiger partial charge < -0.3 is 4.74 Å². The Bertz CT molecular complexity index is 431. The molecule has 2 nitrogen and oxygen atoms in total. The van der Waals surface area contributed by atoms with Gasteiger partial charge in [-0.2, -0.15) is 13.2 Å². The molecule has 0 aliphatic carbocycles. The molecule has 104 valence electrons. The zero-order chi connectivity index (χ0) is 13.9. The standard InChI is InChI=1S/C14H15F3O2/c15-14(16,17)11-6-4-10(5-7-11)13(18)9-12-3-1-2-8-19-12/h4-7,12H,1-3,8-9H2/t12-/m0/s1. The quantitative estimate of drug-likeness (QED) is 0.781. The Balaban J connectivity index is 1.99. The zero-order valence-corrected chi connectivity index (χ0v) is 10.4. The van der Waals surface area contributed by atoms with Gasteiger partial charge in [-0.3, -0.25) is 4.79 Å². The van der Waals surface area contributed by atoms with Crippen LogP contribution in [0.5, 0.6) is 0 Å². The molecule has 0 spiro atoms.